The molecule has 0 aliphatic carbocycles. The summed E-state index contributed by atoms with van der Waals surface area (Å²) in [5.74, 6) is -1.54. The molecule has 0 radical (unpaired) electrons. The van der Waals surface area contributed by atoms with Gasteiger partial charge in [0.25, 0.3) is 0 Å². The van der Waals surface area contributed by atoms with Crippen LogP contribution in [0, 0.1) is 0 Å². The molecule has 0 saturated heterocycles. The molecule has 0 amide bonds. The highest BCUT2D eigenvalue weighted by molar-refractivity contribution is 7.90. The van der Waals surface area contributed by atoms with Gasteiger partial charge < -0.3 is 10.2 Å². The standard InChI is InChI=1S/C10H12O5S/c1-16(14,15)6-9(11)7-3-2-4-8(5-7)10(12)13/h2-5,9,11H,6H2,1H3,(H,12,13). The highest BCUT2D eigenvalue weighted by Crippen LogP contribution is 2.16. The summed E-state index contributed by atoms with van der Waals surface area (Å²) in [6.07, 6.45) is -0.189. The number of benzene rings is 1. The lowest BCUT2D eigenvalue weighted by atomic mass is 10.1. The van der Waals surface area contributed by atoms with Crippen molar-refractivity contribution in [1.29, 1.82) is 0 Å². The minimum Gasteiger partial charge on any atom is -0.478 e. The zero-order valence-electron chi connectivity index (χ0n) is 8.62. The summed E-state index contributed by atoms with van der Waals surface area (Å²) in [5, 5.41) is 18.3. The van der Waals surface area contributed by atoms with Crippen molar-refractivity contribution >= 4 is 15.8 Å². The van der Waals surface area contributed by atoms with Gasteiger partial charge in [-0.05, 0) is 17.7 Å². The summed E-state index contributed by atoms with van der Waals surface area (Å²) in [5.41, 5.74) is 0.301. The number of carbonyl (C=O) groups is 1. The van der Waals surface area contributed by atoms with Crippen LogP contribution in [0.25, 0.3) is 0 Å². The normalized spacial score (nSPS) is 13.4. The van der Waals surface area contributed by atoms with Gasteiger partial charge in [0.15, 0.2) is 0 Å². The third-order valence-corrected chi connectivity index (χ3v) is 2.90. The van der Waals surface area contributed by atoms with Gasteiger partial charge in [-0.2, -0.15) is 0 Å². The first-order valence-corrected chi connectivity index (χ1v) is 6.54. The van der Waals surface area contributed by atoms with E-state index in [9.17, 15) is 18.3 Å². The first kappa shape index (κ1) is 12.7. The molecule has 1 atom stereocenters. The van der Waals surface area contributed by atoms with Crippen molar-refractivity contribution in [3.8, 4) is 0 Å². The second-order valence-electron chi connectivity index (χ2n) is 3.54. The fourth-order valence-corrected chi connectivity index (χ4v) is 2.03. The molecular weight excluding hydrogens is 232 g/mol. The molecule has 0 bridgehead atoms. The van der Waals surface area contributed by atoms with Crippen LogP contribution in [0.15, 0.2) is 24.3 Å². The molecule has 1 aromatic carbocycles. The first-order valence-electron chi connectivity index (χ1n) is 4.48. The molecule has 5 nitrogen and oxygen atoms in total. The second-order valence-corrected chi connectivity index (χ2v) is 5.72. The molecule has 0 fully saturated rings. The average Bonchev–Trinajstić information content (AvgIpc) is 2.15. The average molecular weight is 244 g/mol. The Morgan fingerprint density at radius 3 is 2.56 bits per heavy atom. The lowest BCUT2D eigenvalue weighted by Gasteiger charge is -2.09. The third kappa shape index (κ3) is 3.63. The minimum absolute atomic E-state index is 0.0186. The Morgan fingerprint density at radius 2 is 2.06 bits per heavy atom. The zero-order valence-corrected chi connectivity index (χ0v) is 9.44. The van der Waals surface area contributed by atoms with E-state index in [-0.39, 0.29) is 11.1 Å². The van der Waals surface area contributed by atoms with Crippen LogP contribution in [0.4, 0.5) is 0 Å². The maximum Gasteiger partial charge on any atom is 0.335 e. The summed E-state index contributed by atoms with van der Waals surface area (Å²) in [4.78, 5) is 10.7. The van der Waals surface area contributed by atoms with Crippen molar-refractivity contribution < 1.29 is 23.4 Å². The van der Waals surface area contributed by atoms with E-state index in [1.807, 2.05) is 0 Å². The molecule has 6 heteroatoms. The monoisotopic (exact) mass is 244 g/mol. The van der Waals surface area contributed by atoms with Gasteiger partial charge in [0.1, 0.15) is 9.84 Å². The number of aliphatic hydroxyl groups excluding tert-OH is 1. The number of carboxylic acid groups (broad SMARTS) is 1. The van der Waals surface area contributed by atoms with E-state index in [2.05, 4.69) is 0 Å². The lowest BCUT2D eigenvalue weighted by molar-refractivity contribution is 0.0696. The van der Waals surface area contributed by atoms with E-state index in [1.54, 1.807) is 0 Å². The lowest BCUT2D eigenvalue weighted by Crippen LogP contribution is -2.13. The van der Waals surface area contributed by atoms with E-state index in [4.69, 9.17) is 5.11 Å². The predicted octanol–water partition coefficient (Wildman–Crippen LogP) is 0.463. The Labute approximate surface area is 93.3 Å². The van der Waals surface area contributed by atoms with E-state index in [0.29, 0.717) is 0 Å². The van der Waals surface area contributed by atoms with E-state index in [1.165, 1.54) is 24.3 Å². The molecule has 0 heterocycles. The number of rotatable bonds is 4. The number of sulfone groups is 1. The molecule has 0 spiro atoms. The molecule has 0 aliphatic heterocycles. The fourth-order valence-electron chi connectivity index (χ4n) is 1.26. The fraction of sp³-hybridized carbons (Fsp3) is 0.300. The number of hydrogen-bond donors (Lipinski definition) is 2. The van der Waals surface area contributed by atoms with Crippen molar-refractivity contribution in [3.05, 3.63) is 35.4 Å². The van der Waals surface area contributed by atoms with E-state index >= 15 is 0 Å². The van der Waals surface area contributed by atoms with Crippen LogP contribution < -0.4 is 0 Å². The van der Waals surface area contributed by atoms with E-state index < -0.39 is 27.7 Å². The summed E-state index contributed by atoms with van der Waals surface area (Å²) >= 11 is 0. The SMILES string of the molecule is CS(=O)(=O)CC(O)c1cccc(C(=O)O)c1. The molecular formula is C10H12O5S. The van der Waals surface area contributed by atoms with Crippen LogP contribution >= 0.6 is 0 Å². The Bertz CT molecular complexity index is 492. The summed E-state index contributed by atoms with van der Waals surface area (Å²) in [7, 11) is -3.30. The highest BCUT2D eigenvalue weighted by Gasteiger charge is 2.15. The van der Waals surface area contributed by atoms with Crippen LogP contribution in [0.3, 0.4) is 0 Å². The molecule has 88 valence electrons. The summed E-state index contributed by atoms with van der Waals surface area (Å²) in [6, 6.07) is 5.59. The van der Waals surface area contributed by atoms with Crippen molar-refractivity contribution in [3.63, 3.8) is 0 Å². The molecule has 1 unspecified atom stereocenters. The zero-order chi connectivity index (χ0) is 12.3. The minimum atomic E-state index is -3.30. The van der Waals surface area contributed by atoms with E-state index in [0.717, 1.165) is 6.26 Å². The Kier molecular flexibility index (Phi) is 3.66. The quantitative estimate of drug-likeness (QED) is 0.803. The summed E-state index contributed by atoms with van der Waals surface area (Å²) in [6.45, 7) is 0. The van der Waals surface area contributed by atoms with Gasteiger partial charge in [-0.15, -0.1) is 0 Å². The first-order chi connectivity index (χ1) is 7.29. The number of aliphatic hydroxyl groups is 1. The third-order valence-electron chi connectivity index (χ3n) is 1.98. The molecule has 0 aromatic heterocycles. The van der Waals surface area contributed by atoms with Gasteiger partial charge in [0, 0.05) is 6.26 Å². The van der Waals surface area contributed by atoms with Gasteiger partial charge >= 0.3 is 5.97 Å². The van der Waals surface area contributed by atoms with Crippen molar-refractivity contribution in [2.75, 3.05) is 12.0 Å². The van der Waals surface area contributed by atoms with Gasteiger partial charge in [0.05, 0.1) is 17.4 Å². The molecule has 0 aliphatic rings. The van der Waals surface area contributed by atoms with Crippen LogP contribution in [0.5, 0.6) is 0 Å². The van der Waals surface area contributed by atoms with Crippen molar-refractivity contribution in [2.45, 2.75) is 6.10 Å². The van der Waals surface area contributed by atoms with Crippen LogP contribution in [-0.2, 0) is 9.84 Å². The smallest absolute Gasteiger partial charge is 0.335 e. The largest absolute Gasteiger partial charge is 0.478 e. The van der Waals surface area contributed by atoms with Crippen LogP contribution in [0.1, 0.15) is 22.0 Å². The van der Waals surface area contributed by atoms with Crippen molar-refractivity contribution in [2.24, 2.45) is 0 Å². The van der Waals surface area contributed by atoms with Gasteiger partial charge in [-0.3, -0.25) is 0 Å². The molecule has 1 rings (SSSR count). The van der Waals surface area contributed by atoms with Crippen molar-refractivity contribution in [1.82, 2.24) is 0 Å². The Hall–Kier alpha value is -1.40. The van der Waals surface area contributed by atoms with Gasteiger partial charge in [0.2, 0.25) is 0 Å². The molecule has 16 heavy (non-hydrogen) atoms. The summed E-state index contributed by atoms with van der Waals surface area (Å²) < 4.78 is 21.9. The predicted molar refractivity (Wildman–Crippen MR) is 58.1 cm³/mol. The second kappa shape index (κ2) is 4.63. The van der Waals surface area contributed by atoms with Gasteiger partial charge in [-0.25, -0.2) is 13.2 Å². The van der Waals surface area contributed by atoms with Crippen LogP contribution in [-0.4, -0.2) is 36.6 Å². The maximum absolute atomic E-state index is 11.0. The van der Waals surface area contributed by atoms with Gasteiger partial charge in [-0.1, -0.05) is 12.1 Å². The molecule has 0 saturated carbocycles. The number of aromatic carboxylic acids is 1. The Morgan fingerprint density at radius 1 is 1.44 bits per heavy atom. The molecule has 2 N–H and O–H groups in total. The topological polar surface area (TPSA) is 91.7 Å². The molecule has 1 aromatic rings. The number of hydrogen-bond acceptors (Lipinski definition) is 4. The highest BCUT2D eigenvalue weighted by atomic mass is 32.2. The maximum atomic E-state index is 11.0. The Balaban J connectivity index is 2.96. The van der Waals surface area contributed by atoms with Crippen LogP contribution in [0.2, 0.25) is 0 Å². The number of carboxylic acids is 1.